The number of ether oxygens (including phenoxy) is 3. The number of rotatable bonds is 13. The topological polar surface area (TPSA) is 167 Å². The Hall–Kier alpha value is -4.73. The minimum atomic E-state index is -0.879. The van der Waals surface area contributed by atoms with E-state index in [1.54, 1.807) is 23.2 Å². The fraction of sp³-hybridized carbons (Fsp3) is 0.537. The first-order valence-electron chi connectivity index (χ1n) is 19.7. The number of hydrogen-bond acceptors (Lipinski definition) is 10. The molecule has 5 atom stereocenters. The number of amides is 3. The molecule has 7 rings (SSSR count). The minimum absolute atomic E-state index is 0.0190. The molecular weight excluding hydrogens is 733 g/mol. The molecule has 0 spiro atoms. The average molecular weight is 787 g/mol. The number of likely N-dealkylation sites (tertiary alicyclic amines) is 2. The molecule has 0 bridgehead atoms. The molecule has 15 heteroatoms. The molecule has 1 aliphatic carbocycles. The summed E-state index contributed by atoms with van der Waals surface area (Å²) in [7, 11) is 4.20. The molecule has 0 unspecified atom stereocenters. The van der Waals surface area contributed by atoms with E-state index in [-0.39, 0.29) is 30.0 Å². The van der Waals surface area contributed by atoms with Crippen molar-refractivity contribution in [2.24, 2.45) is 5.92 Å². The quantitative estimate of drug-likeness (QED) is 0.116. The summed E-state index contributed by atoms with van der Waals surface area (Å²) < 4.78 is 15.1. The summed E-state index contributed by atoms with van der Waals surface area (Å²) >= 11 is 1.80. The van der Waals surface area contributed by atoms with Gasteiger partial charge >= 0.3 is 12.2 Å². The van der Waals surface area contributed by atoms with E-state index in [0.717, 1.165) is 86.6 Å². The van der Waals surface area contributed by atoms with Crippen molar-refractivity contribution in [3.8, 4) is 32.3 Å². The molecule has 4 aromatic rings. The maximum Gasteiger partial charge on any atom is 0.407 e. The lowest BCUT2D eigenvalue weighted by Gasteiger charge is -2.30. The van der Waals surface area contributed by atoms with Crippen molar-refractivity contribution in [3.05, 3.63) is 59.4 Å². The largest absolute Gasteiger partial charge is 0.453 e. The van der Waals surface area contributed by atoms with Gasteiger partial charge in [0, 0.05) is 31.1 Å². The first-order valence-corrected chi connectivity index (χ1v) is 20.5. The van der Waals surface area contributed by atoms with Crippen LogP contribution in [0.3, 0.4) is 0 Å². The number of carbonyl (C=O) groups is 3. The van der Waals surface area contributed by atoms with Gasteiger partial charge in [0.05, 0.1) is 61.1 Å². The predicted octanol–water partition coefficient (Wildman–Crippen LogP) is 6.62. The summed E-state index contributed by atoms with van der Waals surface area (Å²) in [5, 5.41) is 5.66. The Kier molecular flexibility index (Phi) is 12.1. The van der Waals surface area contributed by atoms with Crippen molar-refractivity contribution in [1.29, 1.82) is 0 Å². The summed E-state index contributed by atoms with van der Waals surface area (Å²) in [5.41, 5.74) is 7.00. The number of hydrogen-bond donors (Lipinski definition) is 4. The lowest BCUT2D eigenvalue weighted by molar-refractivity contribution is -0.137. The molecule has 14 nitrogen and oxygen atoms in total. The smallest absolute Gasteiger partial charge is 0.407 e. The van der Waals surface area contributed by atoms with Crippen LogP contribution >= 0.6 is 11.3 Å². The van der Waals surface area contributed by atoms with Crippen LogP contribution in [0.1, 0.15) is 87.7 Å². The molecule has 1 aromatic carbocycles. The molecule has 3 aromatic heterocycles. The molecule has 2 fully saturated rings. The van der Waals surface area contributed by atoms with E-state index in [4.69, 9.17) is 24.2 Å². The number of H-pyrrole nitrogens is 2. The summed E-state index contributed by atoms with van der Waals surface area (Å²) in [6.07, 6.45) is 9.08. The summed E-state index contributed by atoms with van der Waals surface area (Å²) in [5.74, 6) is 1.75. The van der Waals surface area contributed by atoms with E-state index >= 15 is 0 Å². The Balaban J connectivity index is 1.07. The van der Waals surface area contributed by atoms with Crippen molar-refractivity contribution in [2.45, 2.75) is 96.0 Å². The molecule has 56 heavy (non-hydrogen) atoms. The highest BCUT2D eigenvalue weighted by molar-refractivity contribution is 7.19. The lowest BCUT2D eigenvalue weighted by Crippen LogP contribution is -2.54. The number of carbonyl (C=O) groups excluding carboxylic acids is 3. The number of fused-ring (bicyclic) bond motifs is 1. The second-order valence-electron chi connectivity index (χ2n) is 15.4. The lowest BCUT2D eigenvalue weighted by atomic mass is 10.0. The molecule has 2 aliphatic heterocycles. The van der Waals surface area contributed by atoms with Gasteiger partial charge in [-0.25, -0.2) is 19.6 Å². The van der Waals surface area contributed by atoms with Gasteiger partial charge in [-0.2, -0.15) is 0 Å². The van der Waals surface area contributed by atoms with Gasteiger partial charge < -0.3 is 39.7 Å². The number of aromatic nitrogens is 4. The van der Waals surface area contributed by atoms with Gasteiger partial charge in [-0.05, 0) is 86.6 Å². The first kappa shape index (κ1) is 39.5. The zero-order valence-corrected chi connectivity index (χ0v) is 34.0. The van der Waals surface area contributed by atoms with E-state index in [0.29, 0.717) is 6.54 Å². The monoisotopic (exact) mass is 786 g/mol. The number of imidazole rings is 2. The average Bonchev–Trinajstić information content (AvgIpc) is 4.05. The third kappa shape index (κ3) is 8.07. The van der Waals surface area contributed by atoms with Crippen molar-refractivity contribution in [2.75, 3.05) is 41.0 Å². The Morgan fingerprint density at radius 1 is 0.804 bits per heavy atom. The van der Waals surface area contributed by atoms with Crippen LogP contribution in [0.4, 0.5) is 9.59 Å². The zero-order chi connectivity index (χ0) is 39.5. The van der Waals surface area contributed by atoms with Crippen LogP contribution in [0.15, 0.2) is 36.7 Å². The van der Waals surface area contributed by atoms with Gasteiger partial charge in [-0.3, -0.25) is 9.69 Å². The van der Waals surface area contributed by atoms with E-state index in [1.165, 1.54) is 47.8 Å². The highest BCUT2D eigenvalue weighted by atomic mass is 32.1. The normalized spacial score (nSPS) is 19.9. The van der Waals surface area contributed by atoms with Crippen LogP contribution in [-0.2, 0) is 31.8 Å². The molecule has 300 valence electrons. The maximum atomic E-state index is 13.8. The first-order chi connectivity index (χ1) is 27.1. The molecule has 0 saturated carbocycles. The van der Waals surface area contributed by atoms with Crippen molar-refractivity contribution in [1.82, 2.24) is 40.4 Å². The Morgan fingerprint density at radius 2 is 1.41 bits per heavy atom. The molecular formula is C41H54N8O6S. The number of methoxy groups -OCH3 is 3. The van der Waals surface area contributed by atoms with E-state index in [1.807, 2.05) is 12.4 Å². The third-order valence-corrected chi connectivity index (χ3v) is 13.0. The molecule has 4 N–H and O–H groups in total. The minimum Gasteiger partial charge on any atom is -0.453 e. The van der Waals surface area contributed by atoms with Gasteiger partial charge in [-0.1, -0.05) is 38.1 Å². The number of nitrogens with zero attached hydrogens (tertiary/aromatic N) is 4. The molecule has 2 saturated heterocycles. The van der Waals surface area contributed by atoms with Crippen molar-refractivity contribution >= 4 is 29.4 Å². The Labute approximate surface area is 332 Å². The molecule has 5 heterocycles. The number of benzene rings is 1. The summed E-state index contributed by atoms with van der Waals surface area (Å²) in [4.78, 5) is 61.4. The van der Waals surface area contributed by atoms with Gasteiger partial charge in [0.1, 0.15) is 17.7 Å². The standard InChI is InChI=1S/C41H54N8O6S/c1-23(2)31(46-40(51)54-5)22-48-18-8-12-32(48)37-42-20-29(44-37)25-14-16-26(17-15-25)35-27-10-7-11-28(27)36(56-35)30-21-43-38(45-30)33-13-9-19-49(33)39(50)34(24(3)53-4)47-41(52)55-6/h14-17,20-21,23-24,31-34H,7-13,18-19,22H2,1-6H3,(H,42,44)(H,43,45)(H,46,51)(H,47,52)/t24-,31-,32+,33+,34+/m1/s1. The van der Waals surface area contributed by atoms with Crippen molar-refractivity contribution < 1.29 is 28.6 Å². The number of thiophene rings is 1. The van der Waals surface area contributed by atoms with Crippen LogP contribution in [0, 0.1) is 5.92 Å². The predicted molar refractivity (Wildman–Crippen MR) is 214 cm³/mol. The highest BCUT2D eigenvalue weighted by Crippen LogP contribution is 2.46. The van der Waals surface area contributed by atoms with Gasteiger partial charge in [0.25, 0.3) is 0 Å². The Morgan fingerprint density at radius 3 is 2.11 bits per heavy atom. The second-order valence-corrected chi connectivity index (χ2v) is 16.4. The number of nitrogens with one attached hydrogen (secondary N) is 4. The fourth-order valence-corrected chi connectivity index (χ4v) is 9.80. The number of alkyl carbamates (subject to hydrolysis) is 2. The van der Waals surface area contributed by atoms with Gasteiger partial charge in [-0.15, -0.1) is 11.3 Å². The summed E-state index contributed by atoms with van der Waals surface area (Å²) in [6, 6.07) is 7.78. The SMILES string of the molecule is COC(=O)N[C@H](C(=O)N1CCC[C@H]1c1ncc(-c2sc(-c3ccc(-c4cnc([C@@H]5CCCN5C[C@@H](NC(=O)OC)C(C)C)[nH]4)cc3)c3c2CCC3)[nH]1)[C@@H](C)OC. The zero-order valence-electron chi connectivity index (χ0n) is 33.1. The second kappa shape index (κ2) is 17.2. The molecule has 3 amide bonds. The van der Waals surface area contributed by atoms with Crippen LogP contribution in [-0.4, -0.2) is 107 Å². The highest BCUT2D eigenvalue weighted by Gasteiger charge is 2.39. The maximum absolute atomic E-state index is 13.8. The van der Waals surface area contributed by atoms with E-state index in [2.05, 4.69) is 63.6 Å². The van der Waals surface area contributed by atoms with Crippen LogP contribution in [0.5, 0.6) is 0 Å². The number of aromatic amines is 2. The van der Waals surface area contributed by atoms with Crippen LogP contribution in [0.25, 0.3) is 32.3 Å². The van der Waals surface area contributed by atoms with Gasteiger partial charge in [0.2, 0.25) is 5.91 Å². The van der Waals surface area contributed by atoms with Gasteiger partial charge in [0.15, 0.2) is 0 Å². The summed E-state index contributed by atoms with van der Waals surface area (Å²) in [6.45, 7) is 8.25. The van der Waals surface area contributed by atoms with Crippen molar-refractivity contribution in [3.63, 3.8) is 0 Å². The fourth-order valence-electron chi connectivity index (χ4n) is 8.43. The Bertz CT molecular complexity index is 2010. The van der Waals surface area contributed by atoms with E-state index < -0.39 is 24.3 Å². The van der Waals surface area contributed by atoms with E-state index in [9.17, 15) is 14.4 Å². The molecule has 0 radical (unpaired) electrons. The molecule has 3 aliphatic rings. The van der Waals surface area contributed by atoms with Crippen LogP contribution < -0.4 is 10.6 Å². The van der Waals surface area contributed by atoms with Crippen LogP contribution in [0.2, 0.25) is 0 Å². The third-order valence-electron chi connectivity index (χ3n) is 11.7.